The van der Waals surface area contributed by atoms with Crippen molar-refractivity contribution >= 4 is 31.9 Å². The molecule has 78 valence electrons. The Labute approximate surface area is 102 Å². The van der Waals surface area contributed by atoms with Gasteiger partial charge in [-0.25, -0.2) is 0 Å². The van der Waals surface area contributed by atoms with Crippen LogP contribution >= 0.6 is 31.9 Å². The Balaban J connectivity index is 2.18. The molecule has 4 heteroatoms. The summed E-state index contributed by atoms with van der Waals surface area (Å²) < 4.78 is 1.04. The van der Waals surface area contributed by atoms with Gasteiger partial charge in [-0.2, -0.15) is 0 Å². The van der Waals surface area contributed by atoms with Gasteiger partial charge in [-0.1, -0.05) is 15.9 Å². The van der Waals surface area contributed by atoms with Crippen LogP contribution in [0.2, 0.25) is 0 Å². The van der Waals surface area contributed by atoms with Crippen LogP contribution in [0.3, 0.4) is 0 Å². The number of hydrogen-bond donors (Lipinski definition) is 1. The Hall–Kier alpha value is 0.0700. The van der Waals surface area contributed by atoms with E-state index in [2.05, 4.69) is 48.2 Å². The molecule has 0 aliphatic rings. The highest BCUT2D eigenvalue weighted by Gasteiger charge is 1.94. The first-order valence-electron chi connectivity index (χ1n) is 4.69. The van der Waals surface area contributed by atoms with Gasteiger partial charge in [-0.3, -0.25) is 4.98 Å². The summed E-state index contributed by atoms with van der Waals surface area (Å²) in [7, 11) is 0. The third kappa shape index (κ3) is 5.08. The zero-order valence-electron chi connectivity index (χ0n) is 7.97. The van der Waals surface area contributed by atoms with E-state index in [0.29, 0.717) is 0 Å². The Morgan fingerprint density at radius 2 is 2.14 bits per heavy atom. The van der Waals surface area contributed by atoms with Crippen LogP contribution in [0.5, 0.6) is 0 Å². The van der Waals surface area contributed by atoms with E-state index in [9.17, 15) is 0 Å². The minimum atomic E-state index is 0.898. The number of alkyl halides is 1. The molecule has 1 aromatic rings. The van der Waals surface area contributed by atoms with Gasteiger partial charge in [0.1, 0.15) is 0 Å². The second kappa shape index (κ2) is 7.37. The van der Waals surface area contributed by atoms with Crippen LogP contribution in [-0.4, -0.2) is 16.9 Å². The summed E-state index contributed by atoms with van der Waals surface area (Å²) in [6.07, 6.45) is 6.13. The summed E-state index contributed by atoms with van der Waals surface area (Å²) in [5.41, 5.74) is 1.22. The maximum absolute atomic E-state index is 4.10. The maximum Gasteiger partial charge on any atom is 0.0410 e. The number of aromatic nitrogens is 1. The van der Waals surface area contributed by atoms with E-state index in [1.54, 1.807) is 6.20 Å². The second-order valence-corrected chi connectivity index (χ2v) is 4.79. The Morgan fingerprint density at radius 1 is 1.29 bits per heavy atom. The van der Waals surface area contributed by atoms with Gasteiger partial charge in [0.2, 0.25) is 0 Å². The van der Waals surface area contributed by atoms with Gasteiger partial charge < -0.3 is 5.32 Å². The van der Waals surface area contributed by atoms with Gasteiger partial charge in [-0.05, 0) is 46.9 Å². The molecular formula is C10H14Br2N2. The van der Waals surface area contributed by atoms with Crippen LogP contribution in [0, 0.1) is 0 Å². The summed E-state index contributed by atoms with van der Waals surface area (Å²) in [5.74, 6) is 0. The van der Waals surface area contributed by atoms with E-state index in [1.165, 1.54) is 18.4 Å². The normalized spacial score (nSPS) is 10.4. The lowest BCUT2D eigenvalue weighted by molar-refractivity contribution is 0.643. The average Bonchev–Trinajstić information content (AvgIpc) is 2.18. The Morgan fingerprint density at radius 3 is 2.86 bits per heavy atom. The van der Waals surface area contributed by atoms with Crippen LogP contribution in [0.25, 0.3) is 0 Å². The minimum Gasteiger partial charge on any atom is -0.313 e. The molecular weight excluding hydrogens is 308 g/mol. The SMILES string of the molecule is BrCCCCNCc1cncc(Br)c1. The van der Waals surface area contributed by atoms with E-state index < -0.39 is 0 Å². The molecule has 0 amide bonds. The molecule has 0 radical (unpaired) electrons. The summed E-state index contributed by atoms with van der Waals surface area (Å²) in [5, 5.41) is 4.47. The van der Waals surface area contributed by atoms with Crippen molar-refractivity contribution in [2.45, 2.75) is 19.4 Å². The molecule has 1 N–H and O–H groups in total. The third-order valence-corrected chi connectivity index (χ3v) is 2.82. The fraction of sp³-hybridized carbons (Fsp3) is 0.500. The monoisotopic (exact) mass is 320 g/mol. The zero-order valence-corrected chi connectivity index (χ0v) is 11.1. The molecule has 1 heterocycles. The average molecular weight is 322 g/mol. The first kappa shape index (κ1) is 12.1. The summed E-state index contributed by atoms with van der Waals surface area (Å²) in [6.45, 7) is 1.97. The molecule has 1 rings (SSSR count). The molecule has 0 aliphatic heterocycles. The largest absolute Gasteiger partial charge is 0.313 e. The first-order chi connectivity index (χ1) is 6.83. The van der Waals surface area contributed by atoms with Crippen molar-refractivity contribution in [2.24, 2.45) is 0 Å². The van der Waals surface area contributed by atoms with Crippen molar-refractivity contribution < 1.29 is 0 Å². The molecule has 0 aliphatic carbocycles. The molecule has 0 saturated carbocycles. The number of halogens is 2. The van der Waals surface area contributed by atoms with Gasteiger partial charge >= 0.3 is 0 Å². The highest BCUT2D eigenvalue weighted by molar-refractivity contribution is 9.10. The van der Waals surface area contributed by atoms with E-state index in [-0.39, 0.29) is 0 Å². The second-order valence-electron chi connectivity index (χ2n) is 3.08. The third-order valence-electron chi connectivity index (χ3n) is 1.83. The lowest BCUT2D eigenvalue weighted by atomic mass is 10.3. The number of pyridine rings is 1. The molecule has 0 spiro atoms. The molecule has 0 saturated heterocycles. The zero-order chi connectivity index (χ0) is 10.2. The molecule has 0 unspecified atom stereocenters. The topological polar surface area (TPSA) is 24.9 Å². The van der Waals surface area contributed by atoms with Crippen molar-refractivity contribution in [3.8, 4) is 0 Å². The van der Waals surface area contributed by atoms with E-state index in [4.69, 9.17) is 0 Å². The maximum atomic E-state index is 4.10. The highest BCUT2D eigenvalue weighted by Crippen LogP contribution is 2.09. The van der Waals surface area contributed by atoms with Crippen LogP contribution in [-0.2, 0) is 6.54 Å². The number of rotatable bonds is 6. The van der Waals surface area contributed by atoms with Crippen molar-refractivity contribution in [2.75, 3.05) is 11.9 Å². The lowest BCUT2D eigenvalue weighted by Gasteiger charge is -2.03. The van der Waals surface area contributed by atoms with Gasteiger partial charge in [0.05, 0.1) is 0 Å². The lowest BCUT2D eigenvalue weighted by Crippen LogP contribution is -2.14. The molecule has 0 atom stereocenters. The number of nitrogens with one attached hydrogen (secondary N) is 1. The Kier molecular flexibility index (Phi) is 6.39. The first-order valence-corrected chi connectivity index (χ1v) is 6.60. The van der Waals surface area contributed by atoms with Crippen LogP contribution in [0.1, 0.15) is 18.4 Å². The molecule has 1 aromatic heterocycles. The van der Waals surface area contributed by atoms with Gasteiger partial charge in [0.15, 0.2) is 0 Å². The fourth-order valence-electron chi connectivity index (χ4n) is 1.13. The summed E-state index contributed by atoms with van der Waals surface area (Å²) >= 11 is 6.81. The summed E-state index contributed by atoms with van der Waals surface area (Å²) in [4.78, 5) is 4.10. The fourth-order valence-corrected chi connectivity index (χ4v) is 1.94. The molecule has 14 heavy (non-hydrogen) atoms. The van der Waals surface area contributed by atoms with Crippen molar-refractivity contribution in [1.82, 2.24) is 10.3 Å². The van der Waals surface area contributed by atoms with Crippen molar-refractivity contribution in [1.29, 1.82) is 0 Å². The standard InChI is InChI=1S/C10H14Br2N2/c11-3-1-2-4-13-6-9-5-10(12)8-14-7-9/h5,7-8,13H,1-4,6H2. The smallest absolute Gasteiger partial charge is 0.0410 e. The van der Waals surface area contributed by atoms with Crippen LogP contribution in [0.4, 0.5) is 0 Å². The van der Waals surface area contributed by atoms with Crippen LogP contribution < -0.4 is 5.32 Å². The van der Waals surface area contributed by atoms with Crippen molar-refractivity contribution in [3.63, 3.8) is 0 Å². The Bertz CT molecular complexity index is 266. The van der Waals surface area contributed by atoms with E-state index in [0.717, 1.165) is 22.9 Å². The van der Waals surface area contributed by atoms with Gasteiger partial charge in [0.25, 0.3) is 0 Å². The van der Waals surface area contributed by atoms with E-state index >= 15 is 0 Å². The predicted octanol–water partition coefficient (Wildman–Crippen LogP) is 3.11. The number of hydrogen-bond acceptors (Lipinski definition) is 2. The summed E-state index contributed by atoms with van der Waals surface area (Å²) in [6, 6.07) is 2.09. The van der Waals surface area contributed by atoms with Gasteiger partial charge in [-0.15, -0.1) is 0 Å². The highest BCUT2D eigenvalue weighted by atomic mass is 79.9. The molecule has 0 fully saturated rings. The quantitative estimate of drug-likeness (QED) is 0.643. The van der Waals surface area contributed by atoms with Gasteiger partial charge in [0, 0.05) is 28.7 Å². The predicted molar refractivity (Wildman–Crippen MR) is 66.7 cm³/mol. The number of nitrogens with zero attached hydrogens (tertiary/aromatic N) is 1. The molecule has 2 nitrogen and oxygen atoms in total. The van der Waals surface area contributed by atoms with Crippen molar-refractivity contribution in [3.05, 3.63) is 28.5 Å². The minimum absolute atomic E-state index is 0.898. The molecule has 0 bridgehead atoms. The van der Waals surface area contributed by atoms with E-state index in [1.807, 2.05) is 6.20 Å². The number of unbranched alkanes of at least 4 members (excludes halogenated alkanes) is 1. The van der Waals surface area contributed by atoms with Crippen LogP contribution in [0.15, 0.2) is 22.9 Å². The molecule has 0 aromatic carbocycles.